The highest BCUT2D eigenvalue weighted by molar-refractivity contribution is 7.94. The van der Waals surface area contributed by atoms with Crippen LogP contribution in [0.5, 0.6) is 0 Å². The van der Waals surface area contributed by atoms with Crippen LogP contribution in [0.4, 0.5) is 5.69 Å². The zero-order valence-corrected chi connectivity index (χ0v) is 13.7. The van der Waals surface area contributed by atoms with Crippen molar-refractivity contribution in [2.24, 2.45) is 0 Å². The monoisotopic (exact) mass is 329 g/mol. The molecule has 0 bridgehead atoms. The fourth-order valence-electron chi connectivity index (χ4n) is 1.99. The molecule has 0 unspecified atom stereocenters. The molecule has 6 heteroatoms. The highest BCUT2D eigenvalue weighted by Crippen LogP contribution is 2.30. The Morgan fingerprint density at radius 3 is 2.45 bits per heavy atom. The highest BCUT2D eigenvalue weighted by Gasteiger charge is 2.26. The lowest BCUT2D eigenvalue weighted by molar-refractivity contribution is 0.594. The number of hydrogen-bond acceptors (Lipinski definition) is 3. The predicted octanol–water partition coefficient (Wildman–Crippen LogP) is 4.01. The van der Waals surface area contributed by atoms with Gasteiger partial charge in [-0.15, -0.1) is 22.9 Å². The number of aryl methyl sites for hydroxylation is 1. The Bertz CT molecular complexity index is 695. The molecule has 0 atom stereocenters. The minimum absolute atomic E-state index is 0.330. The van der Waals surface area contributed by atoms with Gasteiger partial charge in [0.2, 0.25) is 0 Å². The second kappa shape index (κ2) is 6.16. The Balaban J connectivity index is 2.48. The molecule has 108 valence electrons. The predicted molar refractivity (Wildman–Crippen MR) is 85.3 cm³/mol. The van der Waals surface area contributed by atoms with E-state index in [0.717, 1.165) is 16.1 Å². The summed E-state index contributed by atoms with van der Waals surface area (Å²) in [6.07, 6.45) is 0. The van der Waals surface area contributed by atoms with E-state index in [2.05, 4.69) is 0 Å². The topological polar surface area (TPSA) is 37.4 Å². The molecule has 0 saturated heterocycles. The average Bonchev–Trinajstić information content (AvgIpc) is 2.91. The lowest BCUT2D eigenvalue weighted by atomic mass is 10.2. The second-order valence-electron chi connectivity index (χ2n) is 4.31. The zero-order chi connectivity index (χ0) is 14.8. The molecule has 0 N–H and O–H groups in total. The molecular weight excluding hydrogens is 314 g/mol. The highest BCUT2D eigenvalue weighted by atomic mass is 35.5. The molecule has 1 heterocycles. The maximum Gasteiger partial charge on any atom is 0.273 e. The molecule has 0 aliphatic carbocycles. The minimum atomic E-state index is -3.52. The van der Waals surface area contributed by atoms with E-state index in [-0.39, 0.29) is 0 Å². The summed E-state index contributed by atoms with van der Waals surface area (Å²) in [4.78, 5) is 0.853. The van der Waals surface area contributed by atoms with E-state index < -0.39 is 10.0 Å². The molecule has 20 heavy (non-hydrogen) atoms. The van der Waals surface area contributed by atoms with Crippen LogP contribution < -0.4 is 4.31 Å². The number of benzene rings is 1. The summed E-state index contributed by atoms with van der Waals surface area (Å²) in [5.74, 6) is 0.330. The Labute approximate surface area is 128 Å². The molecule has 0 saturated carbocycles. The number of hydrogen-bond donors (Lipinski definition) is 0. The summed E-state index contributed by atoms with van der Waals surface area (Å²) in [5.41, 5.74) is 1.66. The van der Waals surface area contributed by atoms with Crippen LogP contribution in [0.2, 0.25) is 0 Å². The third kappa shape index (κ3) is 2.85. The van der Waals surface area contributed by atoms with Gasteiger partial charge in [0.15, 0.2) is 0 Å². The van der Waals surface area contributed by atoms with Gasteiger partial charge in [-0.3, -0.25) is 4.31 Å². The maximum atomic E-state index is 12.7. The number of rotatable bonds is 5. The van der Waals surface area contributed by atoms with Crippen LogP contribution in [0.1, 0.15) is 17.4 Å². The number of alkyl halides is 1. The van der Waals surface area contributed by atoms with Crippen LogP contribution in [0.25, 0.3) is 0 Å². The molecule has 0 aliphatic heterocycles. The van der Waals surface area contributed by atoms with Crippen LogP contribution in [0.3, 0.4) is 0 Å². The summed E-state index contributed by atoms with van der Waals surface area (Å²) in [6, 6.07) is 10.9. The number of anilines is 1. The number of nitrogens with zero attached hydrogens (tertiary/aromatic N) is 1. The largest absolute Gasteiger partial charge is 0.273 e. The fraction of sp³-hybridized carbons (Fsp3) is 0.286. The molecule has 0 spiro atoms. The SMILES string of the molecule is CCN(c1ccccc1C)S(=O)(=O)c1ccc(CCl)s1. The molecule has 2 aromatic rings. The molecule has 0 fully saturated rings. The molecule has 0 aliphatic rings. The van der Waals surface area contributed by atoms with E-state index in [9.17, 15) is 8.42 Å². The number of halogens is 1. The summed E-state index contributed by atoms with van der Waals surface area (Å²) in [7, 11) is -3.52. The van der Waals surface area contributed by atoms with Gasteiger partial charge in [-0.1, -0.05) is 18.2 Å². The van der Waals surface area contributed by atoms with Crippen molar-refractivity contribution in [2.45, 2.75) is 23.9 Å². The van der Waals surface area contributed by atoms with E-state index in [1.807, 2.05) is 38.1 Å². The third-order valence-corrected chi connectivity index (χ3v) is 6.87. The molecule has 0 radical (unpaired) electrons. The van der Waals surface area contributed by atoms with E-state index in [0.29, 0.717) is 16.6 Å². The van der Waals surface area contributed by atoms with Gasteiger partial charge in [0.05, 0.1) is 11.6 Å². The van der Waals surface area contributed by atoms with Crippen LogP contribution >= 0.6 is 22.9 Å². The van der Waals surface area contributed by atoms with Gasteiger partial charge in [0, 0.05) is 11.4 Å². The summed E-state index contributed by atoms with van der Waals surface area (Å²) in [6.45, 7) is 4.13. The van der Waals surface area contributed by atoms with Crippen LogP contribution in [0, 0.1) is 6.92 Å². The van der Waals surface area contributed by atoms with Gasteiger partial charge in [-0.25, -0.2) is 8.42 Å². The molecule has 0 amide bonds. The maximum absolute atomic E-state index is 12.7. The summed E-state index contributed by atoms with van der Waals surface area (Å²) >= 11 is 6.97. The Kier molecular flexibility index (Phi) is 4.73. The first-order valence-corrected chi connectivity index (χ1v) is 9.03. The van der Waals surface area contributed by atoms with Crippen LogP contribution in [-0.2, 0) is 15.9 Å². The van der Waals surface area contributed by atoms with Crippen molar-refractivity contribution in [1.82, 2.24) is 0 Å². The van der Waals surface area contributed by atoms with Gasteiger partial charge < -0.3 is 0 Å². The van der Waals surface area contributed by atoms with E-state index in [1.165, 1.54) is 15.6 Å². The quantitative estimate of drug-likeness (QED) is 0.777. The van der Waals surface area contributed by atoms with Crippen molar-refractivity contribution in [3.8, 4) is 0 Å². The second-order valence-corrected chi connectivity index (χ2v) is 7.84. The van der Waals surface area contributed by atoms with E-state index in [1.54, 1.807) is 12.1 Å². The smallest absolute Gasteiger partial charge is 0.266 e. The number of thiophene rings is 1. The normalized spacial score (nSPS) is 11.6. The van der Waals surface area contributed by atoms with Crippen LogP contribution in [-0.4, -0.2) is 15.0 Å². The fourth-order valence-corrected chi connectivity index (χ4v) is 5.10. The number of sulfonamides is 1. The minimum Gasteiger partial charge on any atom is -0.266 e. The van der Waals surface area contributed by atoms with Crippen molar-refractivity contribution >= 4 is 38.6 Å². The lowest BCUT2D eigenvalue weighted by Crippen LogP contribution is -2.30. The Morgan fingerprint density at radius 2 is 1.90 bits per heavy atom. The third-order valence-electron chi connectivity index (χ3n) is 2.98. The first-order valence-electron chi connectivity index (χ1n) is 6.23. The lowest BCUT2D eigenvalue weighted by Gasteiger charge is -2.23. The molecule has 2 rings (SSSR count). The molecule has 1 aromatic heterocycles. The van der Waals surface area contributed by atoms with Gasteiger partial charge in [-0.2, -0.15) is 0 Å². The first kappa shape index (κ1) is 15.4. The number of para-hydroxylation sites is 1. The van der Waals surface area contributed by atoms with E-state index >= 15 is 0 Å². The van der Waals surface area contributed by atoms with Crippen molar-refractivity contribution in [3.05, 3.63) is 46.8 Å². The van der Waals surface area contributed by atoms with E-state index in [4.69, 9.17) is 11.6 Å². The Morgan fingerprint density at radius 1 is 1.20 bits per heavy atom. The standard InChI is InChI=1S/C14H16ClNO2S2/c1-3-16(13-7-5-4-6-11(13)2)20(17,18)14-9-8-12(10-15)19-14/h4-9H,3,10H2,1-2H3. The van der Waals surface area contributed by atoms with Gasteiger partial charge in [-0.05, 0) is 37.6 Å². The van der Waals surface area contributed by atoms with Crippen molar-refractivity contribution < 1.29 is 8.42 Å². The Hall–Kier alpha value is -1.04. The van der Waals surface area contributed by atoms with Gasteiger partial charge in [0.25, 0.3) is 10.0 Å². The molecular formula is C14H16ClNO2S2. The van der Waals surface area contributed by atoms with Crippen molar-refractivity contribution in [2.75, 3.05) is 10.8 Å². The first-order chi connectivity index (χ1) is 9.50. The van der Waals surface area contributed by atoms with Crippen LogP contribution in [0.15, 0.2) is 40.6 Å². The average molecular weight is 330 g/mol. The van der Waals surface area contributed by atoms with Gasteiger partial charge in [0.1, 0.15) is 4.21 Å². The summed E-state index contributed by atoms with van der Waals surface area (Å²) in [5, 5.41) is 0. The zero-order valence-electron chi connectivity index (χ0n) is 11.3. The molecule has 3 nitrogen and oxygen atoms in total. The van der Waals surface area contributed by atoms with Crippen molar-refractivity contribution in [3.63, 3.8) is 0 Å². The summed E-state index contributed by atoms with van der Waals surface area (Å²) < 4.78 is 27.2. The van der Waals surface area contributed by atoms with Crippen molar-refractivity contribution in [1.29, 1.82) is 0 Å². The van der Waals surface area contributed by atoms with Gasteiger partial charge >= 0.3 is 0 Å². The molecule has 1 aromatic carbocycles.